The molecule has 1 aromatic heterocycles. The average Bonchev–Trinajstić information content (AvgIpc) is 2.76. The second-order valence-electron chi connectivity index (χ2n) is 4.32. The Morgan fingerprint density at radius 1 is 1.67 bits per heavy atom. The molecule has 0 aromatic carbocycles. The van der Waals surface area contributed by atoms with Crippen molar-refractivity contribution in [2.75, 3.05) is 19.8 Å². The molecule has 1 aliphatic heterocycles. The molecule has 1 saturated heterocycles. The van der Waals surface area contributed by atoms with Crippen LogP contribution in [0.4, 0.5) is 0 Å². The fourth-order valence-electron chi connectivity index (χ4n) is 1.84. The molecule has 84 valence electrons. The van der Waals surface area contributed by atoms with Gasteiger partial charge < -0.3 is 19.7 Å². The van der Waals surface area contributed by atoms with Crippen LogP contribution in [0.3, 0.4) is 0 Å². The van der Waals surface area contributed by atoms with Crippen molar-refractivity contribution in [1.29, 1.82) is 0 Å². The van der Waals surface area contributed by atoms with E-state index in [1.807, 2.05) is 17.8 Å². The van der Waals surface area contributed by atoms with Gasteiger partial charge in [0.15, 0.2) is 0 Å². The van der Waals surface area contributed by atoms with Crippen molar-refractivity contribution in [2.45, 2.75) is 18.6 Å². The second kappa shape index (κ2) is 4.35. The molecule has 1 unspecified atom stereocenters. The first kappa shape index (κ1) is 10.7. The van der Waals surface area contributed by atoms with Crippen LogP contribution in [0.15, 0.2) is 18.5 Å². The number of aliphatic hydroxyl groups is 1. The zero-order valence-electron chi connectivity index (χ0n) is 9.07. The number of ether oxygens (including phenoxy) is 1. The zero-order chi connectivity index (χ0) is 10.7. The lowest BCUT2D eigenvalue weighted by Crippen LogP contribution is -2.40. The van der Waals surface area contributed by atoms with E-state index in [1.165, 1.54) is 5.56 Å². The molecule has 15 heavy (non-hydrogen) atoms. The number of hydrogen-bond acceptors (Lipinski definition) is 3. The molecule has 0 bridgehead atoms. The summed E-state index contributed by atoms with van der Waals surface area (Å²) >= 11 is 0. The summed E-state index contributed by atoms with van der Waals surface area (Å²) in [5.74, 6) is 0. The number of rotatable bonds is 4. The highest BCUT2D eigenvalue weighted by Gasteiger charge is 2.31. The van der Waals surface area contributed by atoms with E-state index in [1.54, 1.807) is 0 Å². The Labute approximate surface area is 89.9 Å². The summed E-state index contributed by atoms with van der Waals surface area (Å²) in [5, 5.41) is 13.2. The molecule has 0 amide bonds. The van der Waals surface area contributed by atoms with E-state index in [4.69, 9.17) is 4.74 Å². The summed E-state index contributed by atoms with van der Waals surface area (Å²) in [6, 6.07) is 2.07. The topological polar surface area (TPSA) is 46.4 Å². The van der Waals surface area contributed by atoms with Gasteiger partial charge >= 0.3 is 0 Å². The molecule has 4 nitrogen and oxygen atoms in total. The molecule has 1 fully saturated rings. The van der Waals surface area contributed by atoms with Gasteiger partial charge in [-0.2, -0.15) is 0 Å². The van der Waals surface area contributed by atoms with Crippen LogP contribution in [0.1, 0.15) is 12.0 Å². The van der Waals surface area contributed by atoms with E-state index in [0.717, 1.165) is 13.0 Å². The Morgan fingerprint density at radius 3 is 3.13 bits per heavy atom. The highest BCUT2D eigenvalue weighted by Crippen LogP contribution is 2.17. The number of aromatic nitrogens is 1. The maximum Gasteiger partial charge on any atom is 0.102 e. The molecule has 2 heterocycles. The van der Waals surface area contributed by atoms with E-state index < -0.39 is 5.60 Å². The summed E-state index contributed by atoms with van der Waals surface area (Å²) < 4.78 is 7.19. The van der Waals surface area contributed by atoms with Gasteiger partial charge in [0.05, 0.1) is 6.61 Å². The molecule has 0 aliphatic carbocycles. The van der Waals surface area contributed by atoms with Gasteiger partial charge in [-0.3, -0.25) is 0 Å². The Morgan fingerprint density at radius 2 is 2.53 bits per heavy atom. The van der Waals surface area contributed by atoms with Crippen LogP contribution >= 0.6 is 0 Å². The van der Waals surface area contributed by atoms with Gasteiger partial charge in [-0.05, 0) is 11.6 Å². The smallest absolute Gasteiger partial charge is 0.102 e. The fraction of sp³-hybridized carbons (Fsp3) is 0.636. The van der Waals surface area contributed by atoms with Crippen molar-refractivity contribution in [1.82, 2.24) is 9.88 Å². The van der Waals surface area contributed by atoms with Crippen molar-refractivity contribution in [3.8, 4) is 0 Å². The highest BCUT2D eigenvalue weighted by molar-refractivity contribution is 5.09. The first-order chi connectivity index (χ1) is 7.18. The number of nitrogens with zero attached hydrogens (tertiary/aromatic N) is 1. The normalized spacial score (nSPS) is 26.0. The Balaban J connectivity index is 1.75. The standard InChI is InChI=1S/C11H18N2O2/c1-13-4-2-10(7-13)6-12-8-11(14)3-5-15-9-11/h2,4,7,12,14H,3,5-6,8-9H2,1H3. The Kier molecular flexibility index (Phi) is 3.09. The first-order valence-corrected chi connectivity index (χ1v) is 5.30. The molecule has 2 N–H and O–H groups in total. The first-order valence-electron chi connectivity index (χ1n) is 5.30. The number of aryl methyl sites for hydroxylation is 1. The molecular weight excluding hydrogens is 192 g/mol. The minimum atomic E-state index is -0.658. The molecule has 2 rings (SSSR count). The third kappa shape index (κ3) is 2.81. The molecule has 0 saturated carbocycles. The lowest BCUT2D eigenvalue weighted by Gasteiger charge is -2.20. The van der Waals surface area contributed by atoms with E-state index in [-0.39, 0.29) is 0 Å². The van der Waals surface area contributed by atoms with Crippen molar-refractivity contribution < 1.29 is 9.84 Å². The second-order valence-corrected chi connectivity index (χ2v) is 4.32. The van der Waals surface area contributed by atoms with Crippen molar-refractivity contribution in [3.63, 3.8) is 0 Å². The Bertz CT molecular complexity index is 316. The van der Waals surface area contributed by atoms with Crippen LogP contribution < -0.4 is 5.32 Å². The number of hydrogen-bond donors (Lipinski definition) is 2. The summed E-state index contributed by atoms with van der Waals surface area (Å²) in [6.07, 6.45) is 4.82. The zero-order valence-corrected chi connectivity index (χ0v) is 9.07. The molecule has 0 radical (unpaired) electrons. The molecule has 1 aromatic rings. The van der Waals surface area contributed by atoms with Gasteiger partial charge in [-0.1, -0.05) is 0 Å². The highest BCUT2D eigenvalue weighted by atomic mass is 16.5. The molecule has 4 heteroatoms. The number of nitrogens with one attached hydrogen (secondary N) is 1. The Hall–Kier alpha value is -0.840. The SMILES string of the molecule is Cn1ccc(CNCC2(O)CCOC2)c1. The summed E-state index contributed by atoms with van der Waals surface area (Å²) in [5.41, 5.74) is 0.578. The van der Waals surface area contributed by atoms with Gasteiger partial charge in [0, 0.05) is 45.6 Å². The molecule has 1 aliphatic rings. The van der Waals surface area contributed by atoms with Gasteiger partial charge in [0.1, 0.15) is 5.60 Å². The third-order valence-corrected chi connectivity index (χ3v) is 2.76. The van der Waals surface area contributed by atoms with Crippen molar-refractivity contribution in [3.05, 3.63) is 24.0 Å². The minimum absolute atomic E-state index is 0.453. The quantitative estimate of drug-likeness (QED) is 0.749. The van der Waals surface area contributed by atoms with Crippen LogP contribution in [0.2, 0.25) is 0 Å². The molecule has 1 atom stereocenters. The van der Waals surface area contributed by atoms with Gasteiger partial charge in [-0.25, -0.2) is 0 Å². The molecule has 0 spiro atoms. The van der Waals surface area contributed by atoms with E-state index >= 15 is 0 Å². The average molecular weight is 210 g/mol. The summed E-state index contributed by atoms with van der Waals surface area (Å²) in [7, 11) is 2.00. The van der Waals surface area contributed by atoms with Gasteiger partial charge in [0.25, 0.3) is 0 Å². The molecular formula is C11H18N2O2. The third-order valence-electron chi connectivity index (χ3n) is 2.76. The van der Waals surface area contributed by atoms with Crippen LogP contribution in [0.5, 0.6) is 0 Å². The minimum Gasteiger partial charge on any atom is -0.386 e. The van der Waals surface area contributed by atoms with Crippen LogP contribution in [-0.4, -0.2) is 35.0 Å². The predicted molar refractivity (Wildman–Crippen MR) is 57.5 cm³/mol. The van der Waals surface area contributed by atoms with Crippen LogP contribution in [0, 0.1) is 0 Å². The predicted octanol–water partition coefficient (Wildman–Crippen LogP) is 0.266. The summed E-state index contributed by atoms with van der Waals surface area (Å²) in [4.78, 5) is 0. The lowest BCUT2D eigenvalue weighted by atomic mass is 10.0. The maximum atomic E-state index is 9.98. The maximum absolute atomic E-state index is 9.98. The van der Waals surface area contributed by atoms with E-state index in [2.05, 4.69) is 17.6 Å². The fourth-order valence-corrected chi connectivity index (χ4v) is 1.84. The summed E-state index contributed by atoms with van der Waals surface area (Å²) in [6.45, 7) is 2.52. The van der Waals surface area contributed by atoms with E-state index in [0.29, 0.717) is 19.8 Å². The largest absolute Gasteiger partial charge is 0.386 e. The van der Waals surface area contributed by atoms with E-state index in [9.17, 15) is 5.11 Å². The van der Waals surface area contributed by atoms with Crippen LogP contribution in [0.25, 0.3) is 0 Å². The van der Waals surface area contributed by atoms with Crippen LogP contribution in [-0.2, 0) is 18.3 Å². The lowest BCUT2D eigenvalue weighted by molar-refractivity contribution is 0.0268. The van der Waals surface area contributed by atoms with Gasteiger partial charge in [0.2, 0.25) is 0 Å². The monoisotopic (exact) mass is 210 g/mol. The van der Waals surface area contributed by atoms with Crippen molar-refractivity contribution >= 4 is 0 Å². The van der Waals surface area contributed by atoms with Crippen molar-refractivity contribution in [2.24, 2.45) is 7.05 Å². The van der Waals surface area contributed by atoms with Gasteiger partial charge in [-0.15, -0.1) is 0 Å².